The van der Waals surface area contributed by atoms with Crippen LogP contribution in [0.3, 0.4) is 0 Å². The summed E-state index contributed by atoms with van der Waals surface area (Å²) in [5.74, 6) is 0.508. The predicted molar refractivity (Wildman–Crippen MR) is 82.2 cm³/mol. The maximum absolute atomic E-state index is 11.9. The second-order valence-corrected chi connectivity index (χ2v) is 5.65. The molecule has 2 N–H and O–H groups in total. The van der Waals surface area contributed by atoms with Gasteiger partial charge in [0.15, 0.2) is 6.61 Å². The van der Waals surface area contributed by atoms with Crippen LogP contribution in [0.25, 0.3) is 0 Å². The van der Waals surface area contributed by atoms with Gasteiger partial charge < -0.3 is 15.2 Å². The fourth-order valence-electron chi connectivity index (χ4n) is 2.77. The lowest BCUT2D eigenvalue weighted by Gasteiger charge is -2.23. The third kappa shape index (κ3) is 4.74. The van der Waals surface area contributed by atoms with E-state index in [0.29, 0.717) is 18.2 Å². The molecule has 0 aromatic heterocycles. The maximum atomic E-state index is 11.9. The van der Waals surface area contributed by atoms with E-state index in [9.17, 15) is 9.90 Å². The minimum absolute atomic E-state index is 0.00392. The van der Waals surface area contributed by atoms with Crippen LogP contribution in [0.2, 0.25) is 0 Å². The second-order valence-electron chi connectivity index (χ2n) is 5.65. The Balaban J connectivity index is 1.86. The van der Waals surface area contributed by atoms with Crippen LogP contribution < -0.4 is 10.1 Å². The number of carbonyl (C=O) groups excluding carboxylic acids is 1. The lowest BCUT2D eigenvalue weighted by molar-refractivity contribution is -0.124. The zero-order valence-electron chi connectivity index (χ0n) is 12.7. The summed E-state index contributed by atoms with van der Waals surface area (Å²) in [4.78, 5) is 11.9. The molecule has 1 aliphatic rings. The van der Waals surface area contributed by atoms with Crippen molar-refractivity contribution in [3.8, 4) is 5.75 Å². The summed E-state index contributed by atoms with van der Waals surface area (Å²) in [6.07, 6.45) is 5.85. The molecule has 2 rings (SSSR count). The summed E-state index contributed by atoms with van der Waals surface area (Å²) in [7, 11) is 0. The van der Waals surface area contributed by atoms with E-state index in [1.54, 1.807) is 6.07 Å². The molecule has 4 nitrogen and oxygen atoms in total. The molecule has 116 valence electrons. The first kappa shape index (κ1) is 15.8. The third-order valence-electron chi connectivity index (χ3n) is 3.99. The Hall–Kier alpha value is -1.55. The topological polar surface area (TPSA) is 58.6 Å². The molecule has 1 aromatic carbocycles. The summed E-state index contributed by atoms with van der Waals surface area (Å²) in [5, 5.41) is 13.0. The zero-order valence-corrected chi connectivity index (χ0v) is 12.7. The van der Waals surface area contributed by atoms with Gasteiger partial charge in [-0.3, -0.25) is 4.79 Å². The van der Waals surface area contributed by atoms with Gasteiger partial charge in [0.05, 0.1) is 6.10 Å². The zero-order chi connectivity index (χ0) is 15.1. The molecule has 4 heteroatoms. The van der Waals surface area contributed by atoms with Crippen LogP contribution in [-0.4, -0.2) is 23.7 Å². The molecule has 1 amide bonds. The van der Waals surface area contributed by atoms with Crippen molar-refractivity contribution in [3.63, 3.8) is 0 Å². The Morgan fingerprint density at radius 3 is 2.76 bits per heavy atom. The molecule has 0 bridgehead atoms. The van der Waals surface area contributed by atoms with Gasteiger partial charge in [-0.1, -0.05) is 44.4 Å². The van der Waals surface area contributed by atoms with Crippen LogP contribution in [0.1, 0.15) is 57.1 Å². The van der Waals surface area contributed by atoms with Crippen LogP contribution >= 0.6 is 0 Å². The Morgan fingerprint density at radius 2 is 2.05 bits per heavy atom. The molecular weight excluding hydrogens is 266 g/mol. The number of aliphatic hydroxyl groups excluding tert-OH is 1. The quantitative estimate of drug-likeness (QED) is 0.847. The van der Waals surface area contributed by atoms with E-state index in [1.165, 1.54) is 19.3 Å². The van der Waals surface area contributed by atoms with Crippen molar-refractivity contribution in [2.45, 2.75) is 57.6 Å². The van der Waals surface area contributed by atoms with Gasteiger partial charge in [0.2, 0.25) is 0 Å². The van der Waals surface area contributed by atoms with Gasteiger partial charge in [0, 0.05) is 11.6 Å². The molecule has 1 unspecified atom stereocenters. The molecule has 1 atom stereocenters. The molecular formula is C17H25NO3. The first-order valence-corrected chi connectivity index (χ1v) is 7.90. The smallest absolute Gasteiger partial charge is 0.258 e. The van der Waals surface area contributed by atoms with E-state index < -0.39 is 6.10 Å². The van der Waals surface area contributed by atoms with Crippen molar-refractivity contribution < 1.29 is 14.6 Å². The van der Waals surface area contributed by atoms with E-state index in [2.05, 4.69) is 5.32 Å². The van der Waals surface area contributed by atoms with Crippen molar-refractivity contribution in [1.29, 1.82) is 0 Å². The molecule has 1 saturated carbocycles. The minimum Gasteiger partial charge on any atom is -0.483 e. The molecule has 0 spiro atoms. The lowest BCUT2D eigenvalue weighted by atomic mass is 9.95. The maximum Gasteiger partial charge on any atom is 0.258 e. The summed E-state index contributed by atoms with van der Waals surface area (Å²) in [6, 6.07) is 7.64. The molecule has 1 aliphatic carbocycles. The third-order valence-corrected chi connectivity index (χ3v) is 3.99. The fraction of sp³-hybridized carbons (Fsp3) is 0.588. The number of para-hydroxylation sites is 1. The largest absolute Gasteiger partial charge is 0.483 e. The van der Waals surface area contributed by atoms with Crippen molar-refractivity contribution >= 4 is 5.91 Å². The standard InChI is InChI=1S/C17H25NO3/c1-2-15(19)14-10-6-7-11-16(14)21-12-17(20)18-13-8-4-3-5-9-13/h6-7,10-11,13,15,19H,2-5,8-9,12H2,1H3,(H,18,20). The Bertz CT molecular complexity index is 455. The highest BCUT2D eigenvalue weighted by molar-refractivity contribution is 5.77. The molecule has 1 aromatic rings. The number of carbonyl (C=O) groups is 1. The normalized spacial score (nSPS) is 17.2. The first-order chi connectivity index (χ1) is 10.2. The summed E-state index contributed by atoms with van der Waals surface area (Å²) < 4.78 is 5.59. The van der Waals surface area contributed by atoms with E-state index in [4.69, 9.17) is 4.74 Å². The number of aliphatic hydroxyl groups is 1. The highest BCUT2D eigenvalue weighted by Crippen LogP contribution is 2.26. The monoisotopic (exact) mass is 291 g/mol. The van der Waals surface area contributed by atoms with Crippen molar-refractivity contribution in [3.05, 3.63) is 29.8 Å². The van der Waals surface area contributed by atoms with Gasteiger partial charge in [-0.05, 0) is 25.3 Å². The number of benzene rings is 1. The SMILES string of the molecule is CCC(O)c1ccccc1OCC(=O)NC1CCCCC1. The van der Waals surface area contributed by atoms with E-state index in [1.807, 2.05) is 25.1 Å². The van der Waals surface area contributed by atoms with Gasteiger partial charge in [0.25, 0.3) is 5.91 Å². The predicted octanol–water partition coefficient (Wildman–Crippen LogP) is 2.96. The fourth-order valence-corrected chi connectivity index (χ4v) is 2.77. The first-order valence-electron chi connectivity index (χ1n) is 7.90. The molecule has 0 saturated heterocycles. The van der Waals surface area contributed by atoms with Gasteiger partial charge >= 0.3 is 0 Å². The average molecular weight is 291 g/mol. The average Bonchev–Trinajstić information content (AvgIpc) is 2.53. The van der Waals surface area contributed by atoms with Gasteiger partial charge in [-0.25, -0.2) is 0 Å². The van der Waals surface area contributed by atoms with Gasteiger partial charge in [-0.2, -0.15) is 0 Å². The number of hydrogen-bond acceptors (Lipinski definition) is 3. The summed E-state index contributed by atoms with van der Waals surface area (Å²) >= 11 is 0. The number of nitrogens with one attached hydrogen (secondary N) is 1. The van der Waals surface area contributed by atoms with E-state index in [0.717, 1.165) is 18.4 Å². The van der Waals surface area contributed by atoms with Crippen LogP contribution in [-0.2, 0) is 4.79 Å². The Morgan fingerprint density at radius 1 is 1.33 bits per heavy atom. The molecule has 1 fully saturated rings. The lowest BCUT2D eigenvalue weighted by Crippen LogP contribution is -2.39. The number of rotatable bonds is 6. The van der Waals surface area contributed by atoms with E-state index >= 15 is 0 Å². The highest BCUT2D eigenvalue weighted by atomic mass is 16.5. The number of ether oxygens (including phenoxy) is 1. The summed E-state index contributed by atoms with van der Waals surface area (Å²) in [6.45, 7) is 1.92. The van der Waals surface area contributed by atoms with Gasteiger partial charge in [-0.15, -0.1) is 0 Å². The molecule has 0 aliphatic heterocycles. The van der Waals surface area contributed by atoms with Crippen LogP contribution in [0, 0.1) is 0 Å². The minimum atomic E-state index is -0.553. The van der Waals surface area contributed by atoms with Crippen LogP contribution in [0.15, 0.2) is 24.3 Å². The van der Waals surface area contributed by atoms with Crippen molar-refractivity contribution in [1.82, 2.24) is 5.32 Å². The van der Waals surface area contributed by atoms with Crippen LogP contribution in [0.4, 0.5) is 0 Å². The number of hydrogen-bond donors (Lipinski definition) is 2. The van der Waals surface area contributed by atoms with E-state index in [-0.39, 0.29) is 12.5 Å². The second kappa shape index (κ2) is 8.03. The van der Waals surface area contributed by atoms with Crippen molar-refractivity contribution in [2.24, 2.45) is 0 Å². The molecule has 0 radical (unpaired) electrons. The van der Waals surface area contributed by atoms with Crippen molar-refractivity contribution in [2.75, 3.05) is 6.61 Å². The highest BCUT2D eigenvalue weighted by Gasteiger charge is 2.17. The van der Waals surface area contributed by atoms with Crippen LogP contribution in [0.5, 0.6) is 5.75 Å². The summed E-state index contributed by atoms with van der Waals surface area (Å²) in [5.41, 5.74) is 0.741. The Labute approximate surface area is 126 Å². The van der Waals surface area contributed by atoms with Gasteiger partial charge in [0.1, 0.15) is 5.75 Å². The molecule has 0 heterocycles. The molecule has 21 heavy (non-hydrogen) atoms. The number of amides is 1. The Kier molecular flexibility index (Phi) is 6.05.